The lowest BCUT2D eigenvalue weighted by Gasteiger charge is -2.17. The van der Waals surface area contributed by atoms with Crippen LogP contribution in [0.5, 0.6) is 0 Å². The molecule has 1 aliphatic heterocycles. The minimum absolute atomic E-state index is 0.536. The molecule has 0 fully saturated rings. The maximum Gasteiger partial charge on any atom is 0.0554 e. The van der Waals surface area contributed by atoms with Crippen LogP contribution in [-0.4, -0.2) is 0 Å². The highest BCUT2D eigenvalue weighted by Gasteiger charge is 2.15. The van der Waals surface area contributed by atoms with E-state index in [4.69, 9.17) is 11.1 Å². The van der Waals surface area contributed by atoms with E-state index < -0.39 is 0 Å². The summed E-state index contributed by atoms with van der Waals surface area (Å²) >= 11 is 1.70. The summed E-state index contributed by atoms with van der Waals surface area (Å²) < 4.78 is 1.15. The molecular formula is C21H18N2S. The lowest BCUT2D eigenvalue weighted by atomic mass is 9.93. The van der Waals surface area contributed by atoms with Gasteiger partial charge in [-0.1, -0.05) is 41.5 Å². The summed E-state index contributed by atoms with van der Waals surface area (Å²) in [7, 11) is 0. The molecule has 0 saturated carbocycles. The first-order chi connectivity index (χ1) is 11.5. The molecule has 3 N–H and O–H groups in total. The Labute approximate surface area is 145 Å². The largest absolute Gasteiger partial charge is 0.399 e. The van der Waals surface area contributed by atoms with Crippen LogP contribution in [0.1, 0.15) is 11.1 Å². The third-order valence-electron chi connectivity index (χ3n) is 4.26. The van der Waals surface area contributed by atoms with Gasteiger partial charge in [0.15, 0.2) is 0 Å². The molecule has 118 valence electrons. The molecule has 0 bridgehead atoms. The molecule has 0 saturated heterocycles. The smallest absolute Gasteiger partial charge is 0.0554 e. The van der Waals surface area contributed by atoms with E-state index >= 15 is 0 Å². The molecule has 0 spiro atoms. The Balaban J connectivity index is 2.20. The Morgan fingerprint density at radius 2 is 1.62 bits per heavy atom. The Morgan fingerprint density at radius 3 is 2.38 bits per heavy atom. The van der Waals surface area contributed by atoms with E-state index in [1.807, 2.05) is 24.3 Å². The van der Waals surface area contributed by atoms with Crippen LogP contribution in [0.4, 0.5) is 5.69 Å². The Morgan fingerprint density at radius 1 is 0.875 bits per heavy atom. The van der Waals surface area contributed by atoms with Crippen LogP contribution in [0.15, 0.2) is 54.6 Å². The van der Waals surface area contributed by atoms with Gasteiger partial charge in [-0.3, -0.25) is 0 Å². The number of fused-ring (bicyclic) bond motifs is 2. The zero-order valence-electron chi connectivity index (χ0n) is 13.7. The van der Waals surface area contributed by atoms with Gasteiger partial charge in [0.25, 0.3) is 0 Å². The van der Waals surface area contributed by atoms with Crippen LogP contribution in [0, 0.1) is 19.3 Å². The predicted molar refractivity (Wildman–Crippen MR) is 104 cm³/mol. The maximum atomic E-state index is 7.95. The molecule has 2 aromatic carbocycles. The highest BCUT2D eigenvalue weighted by molar-refractivity contribution is 7.21. The highest BCUT2D eigenvalue weighted by atomic mass is 32.1. The summed E-state index contributed by atoms with van der Waals surface area (Å²) in [5, 5.41) is 9.70. The molecule has 2 aromatic rings. The quantitative estimate of drug-likeness (QED) is 0.358. The summed E-state index contributed by atoms with van der Waals surface area (Å²) in [6.07, 6.45) is 0. The lowest BCUT2D eigenvalue weighted by molar-refractivity contribution is 1.28. The summed E-state index contributed by atoms with van der Waals surface area (Å²) in [5.74, 6) is 0. The van der Waals surface area contributed by atoms with Crippen molar-refractivity contribution in [3.63, 3.8) is 0 Å². The molecule has 0 aromatic heterocycles. The van der Waals surface area contributed by atoms with E-state index in [0.29, 0.717) is 5.36 Å². The van der Waals surface area contributed by atoms with Crippen LogP contribution in [0.2, 0.25) is 0 Å². The SMILES string of the molecule is Cc1cc(C)cc(-c2c3ccc(=N)cc-3sc3cc(N)ccc23)c1. The first-order valence-corrected chi connectivity index (χ1v) is 8.72. The fourth-order valence-electron chi connectivity index (χ4n) is 3.34. The molecule has 2 aliphatic rings. The van der Waals surface area contributed by atoms with E-state index in [9.17, 15) is 0 Å². The molecule has 0 amide bonds. The second-order valence-electron chi connectivity index (χ2n) is 6.32. The standard InChI is InChI=1S/C21H18N2S/c1-12-7-13(2)9-14(8-12)21-17-5-3-15(22)10-19(17)24-20-11-16(23)4-6-18(20)21/h3-11,22H,23H2,1-2H3. The number of aryl methyl sites for hydroxylation is 2. The molecule has 0 unspecified atom stereocenters. The van der Waals surface area contributed by atoms with E-state index in [0.717, 1.165) is 15.3 Å². The van der Waals surface area contributed by atoms with Gasteiger partial charge in [-0.2, -0.15) is 0 Å². The van der Waals surface area contributed by atoms with Gasteiger partial charge in [-0.15, -0.1) is 11.3 Å². The van der Waals surface area contributed by atoms with Crippen molar-refractivity contribution in [2.45, 2.75) is 13.8 Å². The minimum atomic E-state index is 0.536. The van der Waals surface area contributed by atoms with Crippen molar-refractivity contribution in [2.75, 3.05) is 5.73 Å². The van der Waals surface area contributed by atoms with Crippen molar-refractivity contribution in [3.8, 4) is 21.6 Å². The number of hydrogen-bond donors (Lipinski definition) is 2. The van der Waals surface area contributed by atoms with Gasteiger partial charge in [-0.05, 0) is 49.2 Å². The molecule has 1 aliphatic carbocycles. The topological polar surface area (TPSA) is 49.9 Å². The molecular weight excluding hydrogens is 312 g/mol. The predicted octanol–water partition coefficient (Wildman–Crippen LogP) is 5.35. The average Bonchev–Trinajstić information content (AvgIpc) is 2.51. The van der Waals surface area contributed by atoms with Crippen molar-refractivity contribution in [1.29, 1.82) is 5.41 Å². The maximum absolute atomic E-state index is 7.95. The molecule has 24 heavy (non-hydrogen) atoms. The normalized spacial score (nSPS) is 11.2. The van der Waals surface area contributed by atoms with Crippen molar-refractivity contribution in [2.24, 2.45) is 0 Å². The van der Waals surface area contributed by atoms with Crippen LogP contribution >= 0.6 is 11.3 Å². The summed E-state index contributed by atoms with van der Waals surface area (Å²) in [6.45, 7) is 4.26. The number of nitrogens with two attached hydrogens (primary N) is 1. The number of nitrogen functional groups attached to an aromatic ring is 1. The van der Waals surface area contributed by atoms with Gasteiger partial charge < -0.3 is 11.1 Å². The fraction of sp³-hybridized carbons (Fsp3) is 0.0952. The second-order valence-corrected chi connectivity index (χ2v) is 7.40. The Hall–Kier alpha value is -2.65. The monoisotopic (exact) mass is 330 g/mol. The van der Waals surface area contributed by atoms with Gasteiger partial charge in [-0.25, -0.2) is 0 Å². The Bertz CT molecular complexity index is 1090. The first kappa shape index (κ1) is 14.9. The number of anilines is 1. The molecule has 3 heteroatoms. The van der Waals surface area contributed by atoms with Crippen molar-refractivity contribution in [1.82, 2.24) is 0 Å². The van der Waals surface area contributed by atoms with E-state index in [1.54, 1.807) is 11.3 Å². The zero-order valence-corrected chi connectivity index (χ0v) is 14.5. The summed E-state index contributed by atoms with van der Waals surface area (Å²) in [4.78, 5) is 1.12. The fourth-order valence-corrected chi connectivity index (χ4v) is 4.51. The number of hydrogen-bond acceptors (Lipinski definition) is 3. The number of nitrogens with one attached hydrogen (secondary N) is 1. The van der Waals surface area contributed by atoms with E-state index in [-0.39, 0.29) is 0 Å². The average molecular weight is 330 g/mol. The number of rotatable bonds is 1. The lowest BCUT2D eigenvalue weighted by Crippen LogP contribution is -1.99. The van der Waals surface area contributed by atoms with Gasteiger partial charge in [0.2, 0.25) is 0 Å². The third-order valence-corrected chi connectivity index (χ3v) is 5.37. The third kappa shape index (κ3) is 2.47. The van der Waals surface area contributed by atoms with Crippen LogP contribution in [-0.2, 0) is 0 Å². The van der Waals surface area contributed by atoms with Crippen LogP contribution in [0.25, 0.3) is 31.7 Å². The molecule has 0 atom stereocenters. The van der Waals surface area contributed by atoms with Crippen molar-refractivity contribution < 1.29 is 0 Å². The van der Waals surface area contributed by atoms with Gasteiger partial charge in [0.1, 0.15) is 0 Å². The molecule has 4 rings (SSSR count). The summed E-state index contributed by atoms with van der Waals surface area (Å²) in [6, 6.07) is 18.6. The summed E-state index contributed by atoms with van der Waals surface area (Å²) in [5.41, 5.74) is 12.9. The second kappa shape index (κ2) is 5.46. The van der Waals surface area contributed by atoms with Gasteiger partial charge in [0.05, 0.1) is 5.36 Å². The highest BCUT2D eigenvalue weighted by Crippen LogP contribution is 2.43. The minimum Gasteiger partial charge on any atom is -0.399 e. The van der Waals surface area contributed by atoms with Crippen LogP contribution in [0.3, 0.4) is 0 Å². The number of benzene rings is 3. The molecule has 2 nitrogen and oxygen atoms in total. The van der Waals surface area contributed by atoms with Gasteiger partial charge >= 0.3 is 0 Å². The van der Waals surface area contributed by atoms with Crippen molar-refractivity contribution in [3.05, 3.63) is 71.1 Å². The van der Waals surface area contributed by atoms with Gasteiger partial charge in [0, 0.05) is 26.2 Å². The Kier molecular flexibility index (Phi) is 3.39. The van der Waals surface area contributed by atoms with E-state index in [2.05, 4.69) is 44.2 Å². The molecule has 0 radical (unpaired) electrons. The van der Waals surface area contributed by atoms with Crippen molar-refractivity contribution >= 4 is 27.1 Å². The van der Waals surface area contributed by atoms with E-state index in [1.165, 1.54) is 33.2 Å². The first-order valence-electron chi connectivity index (χ1n) is 7.91. The zero-order chi connectivity index (χ0) is 16.8. The van der Waals surface area contributed by atoms with Crippen LogP contribution < -0.4 is 11.1 Å². The molecule has 1 heterocycles.